The average Bonchev–Trinajstić information content (AvgIpc) is 2.38. The SMILES string of the molecule is O=C(O)C1CN(C(=O)c2cccc(F)n2)CCO1. The van der Waals surface area contributed by atoms with Gasteiger partial charge >= 0.3 is 5.97 Å². The molecule has 2 heterocycles. The van der Waals surface area contributed by atoms with Gasteiger partial charge in [0.2, 0.25) is 5.95 Å². The minimum Gasteiger partial charge on any atom is -0.479 e. The highest BCUT2D eigenvalue weighted by Crippen LogP contribution is 2.10. The van der Waals surface area contributed by atoms with Crippen molar-refractivity contribution >= 4 is 11.9 Å². The van der Waals surface area contributed by atoms with E-state index in [1.165, 1.54) is 17.0 Å². The second kappa shape index (κ2) is 5.09. The number of aliphatic carboxylic acids is 1. The Labute approximate surface area is 102 Å². The Bertz CT molecular complexity index is 480. The van der Waals surface area contributed by atoms with Crippen molar-refractivity contribution < 1.29 is 23.8 Å². The predicted molar refractivity (Wildman–Crippen MR) is 57.5 cm³/mol. The molecule has 2 rings (SSSR count). The number of ether oxygens (including phenoxy) is 1. The Morgan fingerprint density at radius 2 is 2.28 bits per heavy atom. The van der Waals surface area contributed by atoms with Crippen LogP contribution in [0.2, 0.25) is 0 Å². The van der Waals surface area contributed by atoms with E-state index in [0.717, 1.165) is 6.07 Å². The highest BCUT2D eigenvalue weighted by atomic mass is 19.1. The summed E-state index contributed by atoms with van der Waals surface area (Å²) in [7, 11) is 0. The standard InChI is InChI=1S/C11H11FN2O4/c12-9-3-1-2-7(13-9)10(15)14-4-5-18-8(6-14)11(16)17/h1-3,8H,4-6H2,(H,16,17). The van der Waals surface area contributed by atoms with Crippen LogP contribution in [0.1, 0.15) is 10.5 Å². The molecule has 1 unspecified atom stereocenters. The second-order valence-electron chi connectivity index (χ2n) is 3.79. The van der Waals surface area contributed by atoms with Gasteiger partial charge in [0, 0.05) is 6.54 Å². The lowest BCUT2D eigenvalue weighted by molar-refractivity contribution is -0.154. The Morgan fingerprint density at radius 1 is 1.50 bits per heavy atom. The summed E-state index contributed by atoms with van der Waals surface area (Å²) < 4.78 is 17.9. The van der Waals surface area contributed by atoms with Crippen molar-refractivity contribution in [2.24, 2.45) is 0 Å². The van der Waals surface area contributed by atoms with Gasteiger partial charge in [-0.15, -0.1) is 0 Å². The lowest BCUT2D eigenvalue weighted by Gasteiger charge is -2.30. The maximum atomic E-state index is 12.9. The fraction of sp³-hybridized carbons (Fsp3) is 0.364. The zero-order valence-corrected chi connectivity index (χ0v) is 9.38. The van der Waals surface area contributed by atoms with Crippen molar-refractivity contribution in [3.8, 4) is 0 Å². The number of hydrogen-bond donors (Lipinski definition) is 1. The van der Waals surface area contributed by atoms with E-state index in [1.807, 2.05) is 0 Å². The summed E-state index contributed by atoms with van der Waals surface area (Å²) in [6.45, 7) is 0.338. The number of morpholine rings is 1. The van der Waals surface area contributed by atoms with Crippen molar-refractivity contribution in [1.29, 1.82) is 0 Å². The average molecular weight is 254 g/mol. The Kier molecular flexibility index (Phi) is 3.52. The Hall–Kier alpha value is -2.02. The molecule has 96 valence electrons. The molecule has 1 amide bonds. The predicted octanol–water partition coefficient (Wildman–Crippen LogP) is 0.146. The number of nitrogens with zero attached hydrogens (tertiary/aromatic N) is 2. The molecule has 6 nitrogen and oxygen atoms in total. The van der Waals surface area contributed by atoms with E-state index in [2.05, 4.69) is 4.98 Å². The fourth-order valence-electron chi connectivity index (χ4n) is 1.67. The van der Waals surface area contributed by atoms with Crippen LogP contribution in [-0.2, 0) is 9.53 Å². The van der Waals surface area contributed by atoms with Crippen LogP contribution < -0.4 is 0 Å². The first-order valence-corrected chi connectivity index (χ1v) is 5.34. The Balaban J connectivity index is 2.11. The van der Waals surface area contributed by atoms with Gasteiger partial charge in [0.05, 0.1) is 13.2 Å². The van der Waals surface area contributed by atoms with Crippen LogP contribution in [0.5, 0.6) is 0 Å². The third-order valence-electron chi connectivity index (χ3n) is 2.56. The number of carboxylic acids is 1. The van der Waals surface area contributed by atoms with Gasteiger partial charge in [-0.25, -0.2) is 9.78 Å². The van der Waals surface area contributed by atoms with Crippen LogP contribution in [-0.4, -0.2) is 52.7 Å². The van der Waals surface area contributed by atoms with Gasteiger partial charge in [-0.2, -0.15) is 4.39 Å². The topological polar surface area (TPSA) is 79.7 Å². The minimum absolute atomic E-state index is 0.0407. The highest BCUT2D eigenvalue weighted by Gasteiger charge is 2.29. The zero-order valence-electron chi connectivity index (χ0n) is 9.38. The molecule has 1 atom stereocenters. The summed E-state index contributed by atoms with van der Waals surface area (Å²) in [5.74, 6) is -2.37. The van der Waals surface area contributed by atoms with Crippen LogP contribution in [0.4, 0.5) is 4.39 Å². The molecule has 1 aromatic rings. The Morgan fingerprint density at radius 3 is 2.94 bits per heavy atom. The van der Waals surface area contributed by atoms with Gasteiger partial charge < -0.3 is 14.7 Å². The minimum atomic E-state index is -1.13. The normalized spacial score (nSPS) is 19.6. The van der Waals surface area contributed by atoms with Crippen LogP contribution in [0.25, 0.3) is 0 Å². The summed E-state index contributed by atoms with van der Waals surface area (Å²) in [4.78, 5) is 27.5. The van der Waals surface area contributed by atoms with E-state index in [-0.39, 0.29) is 25.4 Å². The van der Waals surface area contributed by atoms with Crippen molar-refractivity contribution in [3.63, 3.8) is 0 Å². The summed E-state index contributed by atoms with van der Waals surface area (Å²) in [5.41, 5.74) is -0.0407. The molecule has 0 aliphatic carbocycles. The number of pyridine rings is 1. The van der Waals surface area contributed by atoms with E-state index in [4.69, 9.17) is 9.84 Å². The van der Waals surface area contributed by atoms with Crippen molar-refractivity contribution in [2.45, 2.75) is 6.10 Å². The molecular formula is C11H11FN2O4. The van der Waals surface area contributed by atoms with E-state index in [9.17, 15) is 14.0 Å². The van der Waals surface area contributed by atoms with E-state index in [0.29, 0.717) is 0 Å². The summed E-state index contributed by atoms with van der Waals surface area (Å²) >= 11 is 0. The van der Waals surface area contributed by atoms with E-state index < -0.39 is 23.9 Å². The van der Waals surface area contributed by atoms with Crippen LogP contribution in [0.15, 0.2) is 18.2 Å². The number of hydrogen-bond acceptors (Lipinski definition) is 4. The molecule has 1 saturated heterocycles. The number of carboxylic acid groups (broad SMARTS) is 1. The lowest BCUT2D eigenvalue weighted by atomic mass is 10.2. The van der Waals surface area contributed by atoms with Gasteiger partial charge in [0.25, 0.3) is 5.91 Å². The van der Waals surface area contributed by atoms with Gasteiger partial charge in [0.15, 0.2) is 6.10 Å². The summed E-state index contributed by atoms with van der Waals surface area (Å²) in [6.07, 6.45) is -1.05. The van der Waals surface area contributed by atoms with Crippen LogP contribution in [0.3, 0.4) is 0 Å². The molecular weight excluding hydrogens is 243 g/mol. The number of amides is 1. The number of halogens is 1. The number of rotatable bonds is 2. The summed E-state index contributed by atoms with van der Waals surface area (Å²) in [6, 6.07) is 3.90. The maximum Gasteiger partial charge on any atom is 0.334 e. The first kappa shape index (κ1) is 12.4. The van der Waals surface area contributed by atoms with Gasteiger partial charge in [-0.1, -0.05) is 6.07 Å². The third kappa shape index (κ3) is 2.62. The molecule has 1 aromatic heterocycles. The number of carbonyl (C=O) groups excluding carboxylic acids is 1. The quantitative estimate of drug-likeness (QED) is 0.760. The molecule has 0 aromatic carbocycles. The molecule has 0 saturated carbocycles. The smallest absolute Gasteiger partial charge is 0.334 e. The number of carbonyl (C=O) groups is 2. The van der Waals surface area contributed by atoms with Crippen molar-refractivity contribution in [3.05, 3.63) is 29.8 Å². The van der Waals surface area contributed by atoms with Crippen LogP contribution in [0, 0.1) is 5.95 Å². The molecule has 1 fully saturated rings. The zero-order chi connectivity index (χ0) is 13.1. The first-order chi connectivity index (χ1) is 8.58. The molecule has 1 aliphatic rings. The third-order valence-corrected chi connectivity index (χ3v) is 2.56. The fourth-order valence-corrected chi connectivity index (χ4v) is 1.67. The van der Waals surface area contributed by atoms with Crippen molar-refractivity contribution in [1.82, 2.24) is 9.88 Å². The van der Waals surface area contributed by atoms with Gasteiger partial charge in [-0.05, 0) is 12.1 Å². The van der Waals surface area contributed by atoms with Crippen molar-refractivity contribution in [2.75, 3.05) is 19.7 Å². The molecule has 0 spiro atoms. The van der Waals surface area contributed by atoms with E-state index >= 15 is 0 Å². The maximum absolute atomic E-state index is 12.9. The molecule has 0 radical (unpaired) electrons. The molecule has 7 heteroatoms. The second-order valence-corrected chi connectivity index (χ2v) is 3.79. The summed E-state index contributed by atoms with van der Waals surface area (Å²) in [5, 5.41) is 8.81. The molecule has 0 bridgehead atoms. The molecule has 1 aliphatic heterocycles. The largest absolute Gasteiger partial charge is 0.479 e. The molecule has 1 N–H and O–H groups in total. The lowest BCUT2D eigenvalue weighted by Crippen LogP contribution is -2.48. The van der Waals surface area contributed by atoms with Gasteiger partial charge in [0.1, 0.15) is 5.69 Å². The van der Waals surface area contributed by atoms with Crippen LogP contribution >= 0.6 is 0 Å². The number of aromatic nitrogens is 1. The highest BCUT2D eigenvalue weighted by molar-refractivity contribution is 5.92. The first-order valence-electron chi connectivity index (χ1n) is 5.34. The monoisotopic (exact) mass is 254 g/mol. The molecule has 18 heavy (non-hydrogen) atoms. The van der Waals surface area contributed by atoms with E-state index in [1.54, 1.807) is 0 Å². The van der Waals surface area contributed by atoms with Gasteiger partial charge in [-0.3, -0.25) is 4.79 Å².